The maximum atomic E-state index is 4.33. The molecule has 22 heavy (non-hydrogen) atoms. The van der Waals surface area contributed by atoms with Crippen molar-refractivity contribution in [3.05, 3.63) is 42.4 Å². The molecule has 0 radical (unpaired) electrons. The zero-order chi connectivity index (χ0) is 15.5. The lowest BCUT2D eigenvalue weighted by molar-refractivity contribution is 0.445. The van der Waals surface area contributed by atoms with E-state index >= 15 is 0 Å². The van der Waals surface area contributed by atoms with E-state index in [-0.39, 0.29) is 6.04 Å². The summed E-state index contributed by atoms with van der Waals surface area (Å²) in [4.78, 5) is 4.33. The van der Waals surface area contributed by atoms with Crippen LogP contribution in [0.4, 0.5) is 0 Å². The monoisotopic (exact) mass is 299 g/mol. The minimum atomic E-state index is 0.0709. The van der Waals surface area contributed by atoms with Crippen molar-refractivity contribution in [1.29, 1.82) is 0 Å². The molecular formula is C15H21N7. The van der Waals surface area contributed by atoms with E-state index in [1.165, 1.54) is 0 Å². The minimum absolute atomic E-state index is 0.0709. The lowest BCUT2D eigenvalue weighted by atomic mass is 10.2. The van der Waals surface area contributed by atoms with Crippen molar-refractivity contribution in [2.45, 2.75) is 39.9 Å². The van der Waals surface area contributed by atoms with Crippen LogP contribution in [0.1, 0.15) is 38.5 Å². The first-order chi connectivity index (χ1) is 10.6. The Morgan fingerprint density at radius 1 is 1.18 bits per heavy atom. The molecule has 3 aromatic heterocycles. The number of pyridine rings is 1. The number of aromatic nitrogens is 6. The van der Waals surface area contributed by atoms with Crippen molar-refractivity contribution in [2.24, 2.45) is 5.92 Å². The normalized spacial score (nSPS) is 13.1. The molecule has 0 amide bonds. The summed E-state index contributed by atoms with van der Waals surface area (Å²) >= 11 is 0. The second kappa shape index (κ2) is 6.23. The van der Waals surface area contributed by atoms with Gasteiger partial charge in [-0.3, -0.25) is 4.40 Å². The van der Waals surface area contributed by atoms with Crippen LogP contribution < -0.4 is 5.32 Å². The molecule has 0 spiro atoms. The molecule has 0 aliphatic carbocycles. The van der Waals surface area contributed by atoms with Crippen molar-refractivity contribution in [3.8, 4) is 0 Å². The third-order valence-electron chi connectivity index (χ3n) is 3.53. The van der Waals surface area contributed by atoms with Gasteiger partial charge in [0.05, 0.1) is 12.6 Å². The highest BCUT2D eigenvalue weighted by Gasteiger charge is 2.14. The van der Waals surface area contributed by atoms with Crippen molar-refractivity contribution in [3.63, 3.8) is 0 Å². The fourth-order valence-corrected chi connectivity index (χ4v) is 2.41. The zero-order valence-corrected chi connectivity index (χ0v) is 13.1. The second-order valence-electron chi connectivity index (χ2n) is 5.84. The van der Waals surface area contributed by atoms with Crippen LogP contribution >= 0.6 is 0 Å². The molecule has 0 saturated heterocycles. The van der Waals surface area contributed by atoms with Crippen LogP contribution in [0.3, 0.4) is 0 Å². The fraction of sp³-hybridized carbons (Fsp3) is 0.467. The van der Waals surface area contributed by atoms with Gasteiger partial charge >= 0.3 is 0 Å². The van der Waals surface area contributed by atoms with Crippen molar-refractivity contribution >= 4 is 5.65 Å². The Hall–Kier alpha value is -2.28. The molecular weight excluding hydrogens is 278 g/mol. The molecule has 0 bridgehead atoms. The Morgan fingerprint density at radius 3 is 2.86 bits per heavy atom. The first kappa shape index (κ1) is 14.6. The van der Waals surface area contributed by atoms with Gasteiger partial charge in [-0.15, -0.1) is 10.2 Å². The van der Waals surface area contributed by atoms with E-state index in [0.29, 0.717) is 12.5 Å². The standard InChI is InChI=1S/C15H21N7/c1-11(2)9-22-14(17-10-18-22)8-16-12(3)15-20-19-13-6-4-5-7-21(13)15/h4-7,10-12,16H,8-9H2,1-3H3/t12-/m0/s1. The Kier molecular flexibility index (Phi) is 4.15. The van der Waals surface area contributed by atoms with Gasteiger partial charge in [0.1, 0.15) is 12.2 Å². The van der Waals surface area contributed by atoms with Crippen molar-refractivity contribution in [2.75, 3.05) is 0 Å². The molecule has 0 aliphatic rings. The van der Waals surface area contributed by atoms with Gasteiger partial charge in [-0.05, 0) is 25.0 Å². The molecule has 3 aromatic rings. The number of nitrogens with one attached hydrogen (secondary N) is 1. The van der Waals surface area contributed by atoms with Gasteiger partial charge in [0.25, 0.3) is 0 Å². The number of nitrogens with zero attached hydrogens (tertiary/aromatic N) is 6. The molecule has 116 valence electrons. The summed E-state index contributed by atoms with van der Waals surface area (Å²) in [5, 5.41) is 16.2. The van der Waals surface area contributed by atoms with E-state index in [9.17, 15) is 0 Å². The van der Waals surface area contributed by atoms with Gasteiger partial charge in [0.2, 0.25) is 0 Å². The summed E-state index contributed by atoms with van der Waals surface area (Å²) in [5.41, 5.74) is 0.856. The maximum Gasteiger partial charge on any atom is 0.160 e. The lowest BCUT2D eigenvalue weighted by Gasteiger charge is -2.13. The Morgan fingerprint density at radius 2 is 2.05 bits per heavy atom. The molecule has 0 aromatic carbocycles. The molecule has 7 nitrogen and oxygen atoms in total. The van der Waals surface area contributed by atoms with Crippen molar-refractivity contribution < 1.29 is 0 Å². The van der Waals surface area contributed by atoms with E-state index in [1.54, 1.807) is 6.33 Å². The first-order valence-corrected chi connectivity index (χ1v) is 7.55. The quantitative estimate of drug-likeness (QED) is 0.751. The first-order valence-electron chi connectivity index (χ1n) is 7.55. The van der Waals surface area contributed by atoms with Crippen LogP contribution in [-0.4, -0.2) is 29.4 Å². The lowest BCUT2D eigenvalue weighted by Crippen LogP contribution is -2.23. The van der Waals surface area contributed by atoms with Crippen LogP contribution in [0.2, 0.25) is 0 Å². The van der Waals surface area contributed by atoms with Gasteiger partial charge in [-0.25, -0.2) is 9.67 Å². The third kappa shape index (κ3) is 2.99. The van der Waals surface area contributed by atoms with Crippen molar-refractivity contribution in [1.82, 2.24) is 34.7 Å². The average molecular weight is 299 g/mol. The van der Waals surface area contributed by atoms with Gasteiger partial charge in [0.15, 0.2) is 11.5 Å². The molecule has 0 aliphatic heterocycles. The predicted octanol–water partition coefficient (Wildman–Crippen LogP) is 1.83. The molecule has 3 rings (SSSR count). The molecule has 3 heterocycles. The van der Waals surface area contributed by atoms with E-state index in [1.807, 2.05) is 33.5 Å². The van der Waals surface area contributed by atoms with E-state index < -0.39 is 0 Å². The average Bonchev–Trinajstić information content (AvgIpc) is 3.11. The van der Waals surface area contributed by atoms with E-state index in [0.717, 1.165) is 23.8 Å². The topological polar surface area (TPSA) is 72.9 Å². The predicted molar refractivity (Wildman–Crippen MR) is 83.1 cm³/mol. The Bertz CT molecular complexity index is 743. The number of hydrogen-bond donors (Lipinski definition) is 1. The Balaban J connectivity index is 1.70. The summed E-state index contributed by atoms with van der Waals surface area (Å²) in [7, 11) is 0. The van der Waals surface area contributed by atoms with Gasteiger partial charge in [-0.1, -0.05) is 19.9 Å². The molecule has 7 heteroatoms. The zero-order valence-electron chi connectivity index (χ0n) is 13.1. The third-order valence-corrected chi connectivity index (χ3v) is 3.53. The van der Waals surface area contributed by atoms with Crippen LogP contribution in [0.25, 0.3) is 5.65 Å². The maximum absolute atomic E-state index is 4.33. The highest BCUT2D eigenvalue weighted by Crippen LogP contribution is 2.12. The molecule has 0 fully saturated rings. The highest BCUT2D eigenvalue weighted by atomic mass is 15.3. The number of rotatable bonds is 6. The molecule has 1 atom stereocenters. The molecule has 1 N–H and O–H groups in total. The van der Waals surface area contributed by atoms with E-state index in [2.05, 4.69) is 46.4 Å². The smallest absolute Gasteiger partial charge is 0.160 e. The van der Waals surface area contributed by atoms with Crippen LogP contribution in [0.15, 0.2) is 30.7 Å². The summed E-state index contributed by atoms with van der Waals surface area (Å²) < 4.78 is 3.95. The largest absolute Gasteiger partial charge is 0.300 e. The molecule has 0 saturated carbocycles. The fourth-order valence-electron chi connectivity index (χ4n) is 2.41. The summed E-state index contributed by atoms with van der Waals surface area (Å²) in [5.74, 6) is 2.37. The van der Waals surface area contributed by atoms with Gasteiger partial charge < -0.3 is 5.32 Å². The van der Waals surface area contributed by atoms with Crippen LogP contribution in [-0.2, 0) is 13.1 Å². The van der Waals surface area contributed by atoms with Crippen LogP contribution in [0.5, 0.6) is 0 Å². The highest BCUT2D eigenvalue weighted by molar-refractivity contribution is 5.37. The SMILES string of the molecule is CC(C)Cn1ncnc1CN[C@@H](C)c1nnc2ccccn12. The number of hydrogen-bond acceptors (Lipinski definition) is 5. The van der Waals surface area contributed by atoms with Gasteiger partial charge in [0, 0.05) is 12.7 Å². The summed E-state index contributed by atoms with van der Waals surface area (Å²) in [6.45, 7) is 7.94. The van der Waals surface area contributed by atoms with E-state index in [4.69, 9.17) is 0 Å². The number of fused-ring (bicyclic) bond motifs is 1. The van der Waals surface area contributed by atoms with Crippen LogP contribution in [0, 0.1) is 5.92 Å². The van der Waals surface area contributed by atoms with Gasteiger partial charge in [-0.2, -0.15) is 5.10 Å². The minimum Gasteiger partial charge on any atom is -0.300 e. The summed E-state index contributed by atoms with van der Waals surface area (Å²) in [6.07, 6.45) is 3.58. The molecule has 0 unspecified atom stereocenters. The second-order valence-corrected chi connectivity index (χ2v) is 5.84. The Labute approximate surface area is 129 Å². The summed E-state index contributed by atoms with van der Waals surface area (Å²) in [6, 6.07) is 5.95.